The van der Waals surface area contributed by atoms with E-state index >= 15 is 0 Å². The van der Waals surface area contributed by atoms with E-state index in [1.165, 1.54) is 6.54 Å². The fraction of sp³-hybridized carbons (Fsp3) is 0.167. The third-order valence-electron chi connectivity index (χ3n) is 0.136. The van der Waals surface area contributed by atoms with Gasteiger partial charge in [0.15, 0.2) is 0 Å². The van der Waals surface area contributed by atoms with E-state index in [2.05, 4.69) is 0 Å². The molecular formula is C6H19N2Zn-5. The van der Waals surface area contributed by atoms with Crippen molar-refractivity contribution in [3.63, 3.8) is 0 Å². The molecule has 0 unspecified atom stereocenters. The van der Waals surface area contributed by atoms with Crippen molar-refractivity contribution in [2.75, 3.05) is 6.54 Å². The fourth-order valence-electron chi connectivity index (χ4n) is 0. The van der Waals surface area contributed by atoms with Crippen LogP contribution >= 0.6 is 0 Å². The van der Waals surface area contributed by atoms with E-state index in [1.807, 2.05) is 0 Å². The summed E-state index contributed by atoms with van der Waals surface area (Å²) in [6.07, 6.45) is 0. The van der Waals surface area contributed by atoms with Gasteiger partial charge in [0.1, 0.15) is 0 Å². The second kappa shape index (κ2) is 75.2. The molecule has 0 aromatic heterocycles. The zero-order valence-corrected chi connectivity index (χ0v) is 10.1. The van der Waals surface area contributed by atoms with Crippen molar-refractivity contribution in [2.24, 2.45) is 11.5 Å². The minimum absolute atomic E-state index is 0. The Morgan fingerprint density at radius 1 is 1.00 bits per heavy atom. The molecule has 0 aliphatic heterocycles. The zero-order chi connectivity index (χ0) is 3.41. The Hall–Kier alpha value is 0.543. The summed E-state index contributed by atoms with van der Waals surface area (Å²) in [4.78, 5) is 0. The summed E-state index contributed by atoms with van der Waals surface area (Å²) in [6.45, 7) is 1.88. The second-order valence-corrected chi connectivity index (χ2v) is 0.471. The van der Waals surface area contributed by atoms with Gasteiger partial charge in [-0.1, -0.05) is 0 Å². The van der Waals surface area contributed by atoms with E-state index < -0.39 is 0 Å². The molecule has 2 nitrogen and oxygen atoms in total. The maximum atomic E-state index is 4.85. The van der Waals surface area contributed by atoms with E-state index in [9.17, 15) is 0 Å². The van der Waals surface area contributed by atoms with E-state index in [0.29, 0.717) is 6.54 Å². The van der Waals surface area contributed by atoms with E-state index in [0.717, 1.165) is 0 Å². The first kappa shape index (κ1) is 55.5. The molecule has 0 aliphatic rings. The molecule has 4 N–H and O–H groups in total. The van der Waals surface area contributed by atoms with Crippen LogP contribution in [-0.2, 0) is 19.5 Å². The molecule has 0 spiro atoms. The van der Waals surface area contributed by atoms with Crippen LogP contribution in [0.1, 0.15) is 0 Å². The summed E-state index contributed by atoms with van der Waals surface area (Å²) in [6, 6.07) is 0. The minimum Gasteiger partial charge on any atom is -0.482 e. The average Bonchev–Trinajstić information content (AvgIpc) is 1.37. The number of rotatable bonds is 1. The summed E-state index contributed by atoms with van der Waals surface area (Å²) in [5.41, 5.74) is 9.62. The molecular weight excluding hydrogens is 165 g/mol. The minimum atomic E-state index is 0. The zero-order valence-electron chi connectivity index (χ0n) is 7.15. The molecule has 60 valence electrons. The van der Waals surface area contributed by atoms with Crippen molar-refractivity contribution in [3.05, 3.63) is 36.3 Å². The molecule has 0 aromatic carbocycles. The van der Waals surface area contributed by atoms with Crippen molar-refractivity contribution in [2.45, 2.75) is 0 Å². The SMILES string of the molecule is N[CH-]CN.[CH3-].[CH3-].[CH3-].[CH3-].[Zn]. The van der Waals surface area contributed by atoms with Gasteiger partial charge in [-0.3, -0.25) is 6.54 Å². The van der Waals surface area contributed by atoms with Gasteiger partial charge in [-0.15, -0.1) is 6.54 Å². The van der Waals surface area contributed by atoms with Crippen LogP contribution in [-0.4, -0.2) is 6.54 Å². The molecule has 0 saturated carbocycles. The summed E-state index contributed by atoms with van der Waals surface area (Å²) in [7, 11) is 0. The predicted molar refractivity (Wildman–Crippen MR) is 43.2 cm³/mol. The van der Waals surface area contributed by atoms with Crippen molar-refractivity contribution in [1.82, 2.24) is 0 Å². The molecule has 0 aromatic rings. The molecule has 3 heteroatoms. The van der Waals surface area contributed by atoms with Gasteiger partial charge in [0, 0.05) is 19.5 Å². The number of nitrogens with two attached hydrogens (primary N) is 2. The topological polar surface area (TPSA) is 52.0 Å². The Kier molecular flexibility index (Phi) is 463. The van der Waals surface area contributed by atoms with E-state index in [-0.39, 0.29) is 49.2 Å². The Balaban J connectivity index is -0.00000000450. The predicted octanol–water partition coefficient (Wildman–Crippen LogP) is 0.864. The molecule has 0 amide bonds. The van der Waals surface area contributed by atoms with E-state index in [1.54, 1.807) is 0 Å². The third-order valence-corrected chi connectivity index (χ3v) is 0.136. The first-order chi connectivity index (χ1) is 1.91. The van der Waals surface area contributed by atoms with Crippen LogP contribution < -0.4 is 11.5 Å². The van der Waals surface area contributed by atoms with Crippen LogP contribution in [0.15, 0.2) is 0 Å². The fourth-order valence-corrected chi connectivity index (χ4v) is 0. The quantitative estimate of drug-likeness (QED) is 0.469. The van der Waals surface area contributed by atoms with Crippen LogP contribution in [0, 0.1) is 36.3 Å². The molecule has 9 heavy (non-hydrogen) atoms. The molecule has 0 bridgehead atoms. The first-order valence-electron chi connectivity index (χ1n) is 1.15. The van der Waals surface area contributed by atoms with Crippen molar-refractivity contribution >= 4 is 0 Å². The van der Waals surface area contributed by atoms with Crippen molar-refractivity contribution < 1.29 is 19.5 Å². The van der Waals surface area contributed by atoms with Crippen LogP contribution in [0.5, 0.6) is 0 Å². The summed E-state index contributed by atoms with van der Waals surface area (Å²) in [5.74, 6) is 0. The normalized spacial score (nSPS) is 3.33. The molecule has 0 radical (unpaired) electrons. The first-order valence-corrected chi connectivity index (χ1v) is 1.15. The van der Waals surface area contributed by atoms with Crippen molar-refractivity contribution in [1.29, 1.82) is 0 Å². The van der Waals surface area contributed by atoms with Gasteiger partial charge in [0.05, 0.1) is 0 Å². The Labute approximate surface area is 74.2 Å². The molecule has 0 heterocycles. The molecule has 0 saturated heterocycles. The van der Waals surface area contributed by atoms with Gasteiger partial charge in [-0.2, -0.15) is 0 Å². The molecule has 0 aliphatic carbocycles. The van der Waals surface area contributed by atoms with Crippen LogP contribution in [0.2, 0.25) is 0 Å². The Morgan fingerprint density at radius 3 is 1.11 bits per heavy atom. The summed E-state index contributed by atoms with van der Waals surface area (Å²) >= 11 is 0. The summed E-state index contributed by atoms with van der Waals surface area (Å²) in [5, 5.41) is 0. The largest absolute Gasteiger partial charge is 0.482 e. The van der Waals surface area contributed by atoms with Gasteiger partial charge < -0.3 is 41.2 Å². The van der Waals surface area contributed by atoms with Gasteiger partial charge in [-0.25, -0.2) is 0 Å². The average molecular weight is 185 g/mol. The smallest absolute Gasteiger partial charge is 0 e. The maximum Gasteiger partial charge on any atom is 0 e. The van der Waals surface area contributed by atoms with Crippen molar-refractivity contribution in [3.8, 4) is 0 Å². The standard InChI is InChI=1S/C2H7N2.4CH3.Zn/c3-1-2-4;;;;;/h1H,2-4H2;4*1H3;/q5*-1;. The Morgan fingerprint density at radius 2 is 1.11 bits per heavy atom. The molecule has 0 atom stereocenters. The van der Waals surface area contributed by atoms with Gasteiger partial charge in [0.25, 0.3) is 0 Å². The van der Waals surface area contributed by atoms with Gasteiger partial charge in [0.2, 0.25) is 0 Å². The van der Waals surface area contributed by atoms with Crippen LogP contribution in [0.25, 0.3) is 0 Å². The molecule has 0 fully saturated rings. The second-order valence-electron chi connectivity index (χ2n) is 0.471. The number of hydrogen-bond donors (Lipinski definition) is 2. The van der Waals surface area contributed by atoms with Gasteiger partial charge in [-0.05, 0) is 0 Å². The van der Waals surface area contributed by atoms with Crippen LogP contribution in [0.3, 0.4) is 0 Å². The van der Waals surface area contributed by atoms with E-state index in [4.69, 9.17) is 11.5 Å². The molecule has 0 rings (SSSR count). The summed E-state index contributed by atoms with van der Waals surface area (Å²) < 4.78 is 0. The third kappa shape index (κ3) is 154. The monoisotopic (exact) mass is 183 g/mol. The maximum absolute atomic E-state index is 4.85. The number of hydrogen-bond acceptors (Lipinski definition) is 2. The Bertz CT molecular complexity index is 13.0. The van der Waals surface area contributed by atoms with Crippen LogP contribution in [0.4, 0.5) is 0 Å². The van der Waals surface area contributed by atoms with Gasteiger partial charge >= 0.3 is 0 Å².